The molecule has 16 heavy (non-hydrogen) atoms. The number of ether oxygens (including phenoxy) is 2. The molecule has 0 aromatic rings. The van der Waals surface area contributed by atoms with E-state index in [9.17, 15) is 15.3 Å². The monoisotopic (exact) mass is 233 g/mol. The summed E-state index contributed by atoms with van der Waals surface area (Å²) >= 11 is 0. The van der Waals surface area contributed by atoms with E-state index in [-0.39, 0.29) is 0 Å². The highest BCUT2D eigenvalue weighted by atomic mass is 16.7. The van der Waals surface area contributed by atoms with Gasteiger partial charge in [-0.15, -0.1) is 0 Å². The molecule has 7 nitrogen and oxygen atoms in total. The maximum Gasteiger partial charge on any atom is 0.186 e. The Labute approximate surface area is 92.4 Å². The largest absolute Gasteiger partial charge is 0.395 e. The molecule has 1 rings (SSSR count). The van der Waals surface area contributed by atoms with Crippen molar-refractivity contribution in [2.75, 3.05) is 13.7 Å². The van der Waals surface area contributed by atoms with E-state index in [0.717, 1.165) is 0 Å². The molecule has 0 radical (unpaired) electrons. The molecule has 4 N–H and O–H groups in total. The van der Waals surface area contributed by atoms with E-state index in [0.29, 0.717) is 0 Å². The van der Waals surface area contributed by atoms with Crippen molar-refractivity contribution in [3.05, 3.63) is 0 Å². The molecule has 1 aliphatic rings. The van der Waals surface area contributed by atoms with Gasteiger partial charge in [0, 0.05) is 7.11 Å². The summed E-state index contributed by atoms with van der Waals surface area (Å²) < 4.78 is 9.87. The predicted octanol–water partition coefficient (Wildman–Crippen LogP) is -2.43. The van der Waals surface area contributed by atoms with Crippen molar-refractivity contribution in [1.82, 2.24) is 0 Å². The smallest absolute Gasteiger partial charge is 0.186 e. The summed E-state index contributed by atoms with van der Waals surface area (Å²) in [6.45, 7) is -0.516. The molecule has 1 unspecified atom stereocenters. The first-order chi connectivity index (χ1) is 7.56. The minimum atomic E-state index is -1.48. The van der Waals surface area contributed by atoms with E-state index >= 15 is 0 Å². The first-order valence-corrected chi connectivity index (χ1v) is 4.79. The number of hydrogen-bond donors (Lipinski definition) is 4. The van der Waals surface area contributed by atoms with Gasteiger partial charge >= 0.3 is 0 Å². The van der Waals surface area contributed by atoms with Crippen LogP contribution in [0, 0.1) is 17.2 Å². The van der Waals surface area contributed by atoms with Crippen LogP contribution in [0.1, 0.15) is 0 Å². The molecule has 92 valence electrons. The van der Waals surface area contributed by atoms with Crippen molar-refractivity contribution >= 4 is 0 Å². The van der Waals surface area contributed by atoms with E-state index in [4.69, 9.17) is 19.8 Å². The van der Waals surface area contributed by atoms with Crippen LogP contribution in [-0.2, 0) is 9.47 Å². The van der Waals surface area contributed by atoms with Crippen molar-refractivity contribution in [2.24, 2.45) is 5.92 Å². The molecule has 1 aliphatic heterocycles. The van der Waals surface area contributed by atoms with Crippen LogP contribution in [-0.4, -0.2) is 64.8 Å². The second-order valence-electron chi connectivity index (χ2n) is 3.59. The molecule has 0 spiro atoms. The lowest BCUT2D eigenvalue weighted by Crippen LogP contribution is -2.60. The third kappa shape index (κ3) is 2.32. The molecule has 0 bridgehead atoms. The minimum Gasteiger partial charge on any atom is -0.395 e. The van der Waals surface area contributed by atoms with E-state index < -0.39 is 43.2 Å². The van der Waals surface area contributed by atoms with Gasteiger partial charge in [0.25, 0.3) is 0 Å². The lowest BCUT2D eigenvalue weighted by molar-refractivity contribution is -0.296. The predicted molar refractivity (Wildman–Crippen MR) is 49.9 cm³/mol. The highest BCUT2D eigenvalue weighted by molar-refractivity contribution is 4.98. The van der Waals surface area contributed by atoms with Gasteiger partial charge in [-0.05, 0) is 0 Å². The quantitative estimate of drug-likeness (QED) is 0.427. The Hall–Kier alpha value is -0.750. The van der Waals surface area contributed by atoms with Crippen LogP contribution in [0.3, 0.4) is 0 Å². The number of nitrogens with zero attached hydrogens (tertiary/aromatic N) is 1. The Bertz CT molecular complexity index is 265. The third-order valence-corrected chi connectivity index (χ3v) is 2.60. The number of aliphatic hydroxyl groups is 4. The van der Waals surface area contributed by atoms with Crippen LogP contribution in [0.2, 0.25) is 0 Å². The van der Waals surface area contributed by atoms with E-state index in [1.54, 1.807) is 6.07 Å². The maximum atomic E-state index is 9.60. The van der Waals surface area contributed by atoms with Crippen molar-refractivity contribution in [3.63, 3.8) is 0 Å². The molecule has 0 aliphatic carbocycles. The average molecular weight is 233 g/mol. The minimum absolute atomic E-state index is 0.516. The average Bonchev–Trinajstić information content (AvgIpc) is 2.30. The molecule has 0 saturated carbocycles. The number of hydrogen-bond acceptors (Lipinski definition) is 7. The Balaban J connectivity index is 2.82. The molecule has 0 amide bonds. The zero-order chi connectivity index (χ0) is 12.3. The SMILES string of the molecule is CO[C@H]1O[C@H](C(C#N)CO)[C@@H](O)[C@H](O)[C@@H]1O. The fourth-order valence-corrected chi connectivity index (χ4v) is 1.62. The molecule has 1 saturated heterocycles. The van der Waals surface area contributed by atoms with E-state index in [1.807, 2.05) is 0 Å². The number of methoxy groups -OCH3 is 1. The summed E-state index contributed by atoms with van der Waals surface area (Å²) in [4.78, 5) is 0. The molecule has 6 atom stereocenters. The van der Waals surface area contributed by atoms with E-state index in [2.05, 4.69) is 0 Å². The molecule has 0 aromatic heterocycles. The van der Waals surface area contributed by atoms with Crippen molar-refractivity contribution in [2.45, 2.75) is 30.7 Å². The molecular weight excluding hydrogens is 218 g/mol. The summed E-state index contributed by atoms with van der Waals surface area (Å²) in [5, 5.41) is 46.2. The standard InChI is InChI=1S/C9H15NO6/c1-15-9-7(14)5(12)6(13)8(16-9)4(2-10)3-11/h4-9,11-14H,3H2,1H3/t4?,5-,6-,7-,8+,9-/m0/s1. The topological polar surface area (TPSA) is 123 Å². The molecule has 1 fully saturated rings. The van der Waals surface area contributed by atoms with Gasteiger partial charge in [-0.25, -0.2) is 0 Å². The van der Waals surface area contributed by atoms with Crippen LogP contribution in [0.5, 0.6) is 0 Å². The van der Waals surface area contributed by atoms with Gasteiger partial charge in [0.1, 0.15) is 24.4 Å². The number of aliphatic hydroxyl groups excluding tert-OH is 4. The van der Waals surface area contributed by atoms with Crippen LogP contribution in [0.4, 0.5) is 0 Å². The zero-order valence-electron chi connectivity index (χ0n) is 8.72. The fourth-order valence-electron chi connectivity index (χ4n) is 1.62. The first-order valence-electron chi connectivity index (χ1n) is 4.79. The van der Waals surface area contributed by atoms with Gasteiger partial charge in [0.15, 0.2) is 6.29 Å². The molecule has 0 aromatic carbocycles. The maximum absolute atomic E-state index is 9.60. The zero-order valence-corrected chi connectivity index (χ0v) is 8.72. The molecular formula is C9H15NO6. The summed E-state index contributed by atoms with van der Waals surface area (Å²) in [6.07, 6.45) is -6.55. The highest BCUT2D eigenvalue weighted by Crippen LogP contribution is 2.25. The lowest BCUT2D eigenvalue weighted by Gasteiger charge is -2.40. The number of nitriles is 1. The van der Waals surface area contributed by atoms with Gasteiger partial charge in [0.2, 0.25) is 0 Å². The van der Waals surface area contributed by atoms with Crippen LogP contribution in [0.15, 0.2) is 0 Å². The molecule has 1 heterocycles. The second kappa shape index (κ2) is 5.54. The summed E-state index contributed by atoms with van der Waals surface area (Å²) in [5.41, 5.74) is 0. The Kier molecular flexibility index (Phi) is 4.61. The van der Waals surface area contributed by atoms with Gasteiger partial charge in [0.05, 0.1) is 18.6 Å². The Morgan fingerprint density at radius 3 is 2.38 bits per heavy atom. The van der Waals surface area contributed by atoms with Crippen molar-refractivity contribution in [1.29, 1.82) is 5.26 Å². The van der Waals surface area contributed by atoms with E-state index in [1.165, 1.54) is 7.11 Å². The fraction of sp³-hybridized carbons (Fsp3) is 0.889. The summed E-state index contributed by atoms with van der Waals surface area (Å²) in [7, 11) is 1.26. The number of rotatable bonds is 3. The molecule has 7 heteroatoms. The second-order valence-corrected chi connectivity index (χ2v) is 3.59. The van der Waals surface area contributed by atoms with Gasteiger partial charge in [-0.3, -0.25) is 0 Å². The van der Waals surface area contributed by atoms with Crippen LogP contribution < -0.4 is 0 Å². The summed E-state index contributed by atoms with van der Waals surface area (Å²) in [6, 6.07) is 1.75. The summed E-state index contributed by atoms with van der Waals surface area (Å²) in [5.74, 6) is -0.991. The third-order valence-electron chi connectivity index (χ3n) is 2.60. The Morgan fingerprint density at radius 1 is 1.31 bits per heavy atom. The van der Waals surface area contributed by atoms with Gasteiger partial charge in [-0.1, -0.05) is 0 Å². The van der Waals surface area contributed by atoms with Gasteiger partial charge < -0.3 is 29.9 Å². The normalized spacial score (nSPS) is 41.4. The van der Waals surface area contributed by atoms with Crippen molar-refractivity contribution in [3.8, 4) is 6.07 Å². The Morgan fingerprint density at radius 2 is 1.94 bits per heavy atom. The van der Waals surface area contributed by atoms with Gasteiger partial charge in [-0.2, -0.15) is 5.26 Å². The highest BCUT2D eigenvalue weighted by Gasteiger charge is 2.46. The lowest BCUT2D eigenvalue weighted by atomic mass is 9.91. The van der Waals surface area contributed by atoms with Crippen molar-refractivity contribution < 1.29 is 29.9 Å². The first kappa shape index (κ1) is 13.3. The van der Waals surface area contributed by atoms with Crippen LogP contribution in [0.25, 0.3) is 0 Å². The van der Waals surface area contributed by atoms with Crippen LogP contribution >= 0.6 is 0 Å².